The van der Waals surface area contributed by atoms with Crippen LogP contribution in [0.3, 0.4) is 0 Å². The van der Waals surface area contributed by atoms with Crippen LogP contribution in [0.25, 0.3) is 0 Å². The zero-order valence-electron chi connectivity index (χ0n) is 10.9. The number of fused-ring (bicyclic) bond motifs is 1. The van der Waals surface area contributed by atoms with Crippen LogP contribution in [0.1, 0.15) is 26.5 Å². The van der Waals surface area contributed by atoms with E-state index in [1.54, 1.807) is 19.1 Å². The van der Waals surface area contributed by atoms with Gasteiger partial charge >= 0.3 is 5.97 Å². The van der Waals surface area contributed by atoms with E-state index in [0.717, 1.165) is 0 Å². The number of aromatic nitrogens is 4. The summed E-state index contributed by atoms with van der Waals surface area (Å²) in [4.78, 5) is 40.6. The van der Waals surface area contributed by atoms with E-state index in [1.165, 1.54) is 16.8 Å². The molecule has 0 N–H and O–H groups in total. The molecule has 2 heterocycles. The molecular weight excluding hydrogens is 278 g/mol. The van der Waals surface area contributed by atoms with Crippen molar-refractivity contribution in [3.05, 3.63) is 41.2 Å². The van der Waals surface area contributed by atoms with Gasteiger partial charge in [0.1, 0.15) is 12.4 Å². The largest absolute Gasteiger partial charge is 0.354 e. The Morgan fingerprint density at radius 2 is 1.81 bits per heavy atom. The van der Waals surface area contributed by atoms with Crippen molar-refractivity contribution in [1.82, 2.24) is 25.3 Å². The summed E-state index contributed by atoms with van der Waals surface area (Å²) in [6, 6.07) is 6.24. The molecule has 0 unspecified atom stereocenters. The van der Waals surface area contributed by atoms with Crippen LogP contribution < -0.4 is 0 Å². The Labute approximate surface area is 118 Å². The van der Waals surface area contributed by atoms with Crippen LogP contribution in [-0.4, -0.2) is 43.1 Å². The van der Waals surface area contributed by atoms with Crippen LogP contribution in [0.5, 0.6) is 0 Å². The number of hydroxylamine groups is 2. The fraction of sp³-hybridized carbons (Fsp3) is 0.167. The van der Waals surface area contributed by atoms with E-state index in [2.05, 4.69) is 15.5 Å². The lowest BCUT2D eigenvalue weighted by atomic mass is 10.1. The first-order valence-electron chi connectivity index (χ1n) is 5.99. The number of benzene rings is 1. The fourth-order valence-electron chi connectivity index (χ4n) is 1.90. The average molecular weight is 287 g/mol. The molecule has 21 heavy (non-hydrogen) atoms. The van der Waals surface area contributed by atoms with Gasteiger partial charge in [-0.05, 0) is 29.5 Å². The average Bonchev–Trinajstić information content (AvgIpc) is 2.97. The number of carbonyl (C=O) groups excluding carboxylic acids is 3. The molecule has 0 fully saturated rings. The zero-order chi connectivity index (χ0) is 15.0. The fourth-order valence-corrected chi connectivity index (χ4v) is 1.90. The van der Waals surface area contributed by atoms with E-state index in [1.807, 2.05) is 0 Å². The minimum Gasteiger partial charge on any atom is -0.328 e. The highest BCUT2D eigenvalue weighted by Crippen LogP contribution is 2.22. The molecule has 0 saturated heterocycles. The van der Waals surface area contributed by atoms with E-state index in [0.29, 0.717) is 10.9 Å². The van der Waals surface area contributed by atoms with Gasteiger partial charge in [-0.25, -0.2) is 9.48 Å². The van der Waals surface area contributed by atoms with Gasteiger partial charge in [-0.2, -0.15) is 0 Å². The number of nitrogens with zero attached hydrogens (tertiary/aromatic N) is 5. The summed E-state index contributed by atoms with van der Waals surface area (Å²) in [6.45, 7) is 1.31. The second-order valence-corrected chi connectivity index (χ2v) is 4.30. The van der Waals surface area contributed by atoms with Gasteiger partial charge in [0.25, 0.3) is 11.8 Å². The van der Waals surface area contributed by atoms with Crippen molar-refractivity contribution in [3.8, 4) is 0 Å². The molecule has 0 radical (unpaired) electrons. The summed E-state index contributed by atoms with van der Waals surface area (Å²) in [5, 5.41) is 11.0. The molecule has 2 aromatic rings. The van der Waals surface area contributed by atoms with Gasteiger partial charge in [0, 0.05) is 0 Å². The lowest BCUT2D eigenvalue weighted by Crippen LogP contribution is -2.34. The Morgan fingerprint density at radius 1 is 1.19 bits per heavy atom. The van der Waals surface area contributed by atoms with Crippen molar-refractivity contribution in [2.45, 2.75) is 13.5 Å². The first-order valence-corrected chi connectivity index (χ1v) is 5.99. The van der Waals surface area contributed by atoms with Gasteiger partial charge in [-0.1, -0.05) is 17.2 Å². The van der Waals surface area contributed by atoms with Gasteiger partial charge in [-0.3, -0.25) is 9.59 Å². The van der Waals surface area contributed by atoms with Crippen molar-refractivity contribution in [1.29, 1.82) is 0 Å². The normalized spacial score (nSPS) is 13.5. The van der Waals surface area contributed by atoms with E-state index >= 15 is 0 Å². The van der Waals surface area contributed by atoms with Crippen molar-refractivity contribution in [2.75, 3.05) is 0 Å². The third-order valence-electron chi connectivity index (χ3n) is 2.94. The zero-order valence-corrected chi connectivity index (χ0v) is 10.9. The molecule has 0 aliphatic carbocycles. The monoisotopic (exact) mass is 287 g/mol. The number of aryl methyl sites for hydroxylation is 1. The van der Waals surface area contributed by atoms with Gasteiger partial charge < -0.3 is 4.84 Å². The van der Waals surface area contributed by atoms with Crippen LogP contribution >= 0.6 is 0 Å². The van der Waals surface area contributed by atoms with E-state index in [-0.39, 0.29) is 17.7 Å². The first kappa shape index (κ1) is 12.9. The number of hydrogen-bond donors (Lipinski definition) is 0. The Hall–Kier alpha value is -3.10. The second kappa shape index (κ2) is 4.78. The topological polar surface area (TPSA) is 107 Å². The predicted octanol–water partition coefficient (Wildman–Crippen LogP) is -0.264. The Bertz CT molecular complexity index is 719. The van der Waals surface area contributed by atoms with Crippen LogP contribution in [0.2, 0.25) is 0 Å². The predicted molar refractivity (Wildman–Crippen MR) is 65.6 cm³/mol. The van der Waals surface area contributed by atoms with Gasteiger partial charge in [0.15, 0.2) is 0 Å². The molecule has 9 heteroatoms. The molecule has 0 atom stereocenters. The third-order valence-corrected chi connectivity index (χ3v) is 2.94. The molecular formula is C12H9N5O4. The maximum Gasteiger partial charge on any atom is 0.354 e. The molecule has 1 aliphatic rings. The number of carbonyl (C=O) groups is 3. The molecule has 0 spiro atoms. The first-order chi connectivity index (χ1) is 10.1. The van der Waals surface area contributed by atoms with Crippen molar-refractivity contribution in [3.63, 3.8) is 0 Å². The van der Waals surface area contributed by atoms with Crippen molar-refractivity contribution >= 4 is 17.8 Å². The minimum atomic E-state index is -0.820. The second-order valence-electron chi connectivity index (χ2n) is 4.30. The third kappa shape index (κ3) is 2.14. The van der Waals surface area contributed by atoms with Crippen molar-refractivity contribution in [2.24, 2.45) is 0 Å². The smallest absolute Gasteiger partial charge is 0.328 e. The Balaban J connectivity index is 1.75. The molecule has 106 valence electrons. The maximum atomic E-state index is 12.0. The highest BCUT2D eigenvalue weighted by molar-refractivity contribution is 6.20. The highest BCUT2D eigenvalue weighted by Gasteiger charge is 2.38. The summed E-state index contributed by atoms with van der Waals surface area (Å²) in [7, 11) is 0. The summed E-state index contributed by atoms with van der Waals surface area (Å²) >= 11 is 0. The SMILES string of the molecule is Cc1nnnn1CC(=O)ON1C(=O)c2ccccc2C1=O. The lowest BCUT2D eigenvalue weighted by Gasteiger charge is -2.12. The summed E-state index contributed by atoms with van der Waals surface area (Å²) in [5.41, 5.74) is 0.405. The molecule has 1 aromatic heterocycles. The highest BCUT2D eigenvalue weighted by atomic mass is 16.7. The molecule has 1 aliphatic heterocycles. The van der Waals surface area contributed by atoms with Crippen LogP contribution in [0.15, 0.2) is 24.3 Å². The number of imide groups is 1. The number of amides is 2. The standard InChI is InChI=1S/C12H9N5O4/c1-7-13-14-15-16(7)6-10(18)21-17-11(19)8-4-2-3-5-9(8)12(17)20/h2-5H,6H2,1H3. The van der Waals surface area contributed by atoms with Crippen molar-refractivity contribution < 1.29 is 19.2 Å². The van der Waals surface area contributed by atoms with Gasteiger partial charge in [0.2, 0.25) is 0 Å². The Morgan fingerprint density at radius 3 is 2.33 bits per heavy atom. The van der Waals surface area contributed by atoms with Crippen LogP contribution in [0, 0.1) is 6.92 Å². The maximum absolute atomic E-state index is 12.0. The molecule has 2 amide bonds. The van der Waals surface area contributed by atoms with Gasteiger partial charge in [-0.15, -0.1) is 5.10 Å². The number of hydrogen-bond acceptors (Lipinski definition) is 7. The minimum absolute atomic E-state index is 0.203. The summed E-state index contributed by atoms with van der Waals surface area (Å²) < 4.78 is 1.19. The number of tetrazole rings is 1. The van der Waals surface area contributed by atoms with Crippen LogP contribution in [-0.2, 0) is 16.2 Å². The lowest BCUT2D eigenvalue weighted by molar-refractivity contribution is -0.169. The van der Waals surface area contributed by atoms with Crippen LogP contribution in [0.4, 0.5) is 0 Å². The summed E-state index contributed by atoms with van der Waals surface area (Å²) in [6.07, 6.45) is 0. The quantitative estimate of drug-likeness (QED) is 0.715. The Kier molecular flexibility index (Phi) is 2.94. The van der Waals surface area contributed by atoms with E-state index in [9.17, 15) is 14.4 Å². The molecule has 3 rings (SSSR count). The molecule has 9 nitrogen and oxygen atoms in total. The molecule has 0 bridgehead atoms. The summed E-state index contributed by atoms with van der Waals surface area (Å²) in [5.74, 6) is -1.75. The number of rotatable bonds is 3. The van der Waals surface area contributed by atoms with Gasteiger partial charge in [0.05, 0.1) is 11.1 Å². The van der Waals surface area contributed by atoms with E-state index < -0.39 is 17.8 Å². The van der Waals surface area contributed by atoms with E-state index in [4.69, 9.17) is 4.84 Å². The molecule has 0 saturated carbocycles. The molecule has 1 aromatic carbocycles.